The van der Waals surface area contributed by atoms with Gasteiger partial charge in [0.2, 0.25) is 5.91 Å². The molecular formula is C23H18ClN3OS. The molecule has 1 amide bonds. The lowest BCUT2D eigenvalue weighted by atomic mass is 10.1. The third-order valence-electron chi connectivity index (χ3n) is 4.27. The van der Waals surface area contributed by atoms with Crippen LogP contribution in [-0.2, 0) is 4.79 Å². The zero-order valence-corrected chi connectivity index (χ0v) is 17.0. The van der Waals surface area contributed by atoms with Crippen LogP contribution >= 0.6 is 23.4 Å². The summed E-state index contributed by atoms with van der Waals surface area (Å²) in [7, 11) is 0. The Balaban J connectivity index is 1.60. The zero-order valence-electron chi connectivity index (χ0n) is 15.5. The summed E-state index contributed by atoms with van der Waals surface area (Å²) in [6.07, 6.45) is 1.83. The number of nitrogens with zero attached hydrogens (tertiary/aromatic N) is 2. The molecule has 0 aliphatic rings. The van der Waals surface area contributed by atoms with Crippen LogP contribution in [0.1, 0.15) is 0 Å². The fourth-order valence-electron chi connectivity index (χ4n) is 2.94. The van der Waals surface area contributed by atoms with Gasteiger partial charge in [-0.3, -0.25) is 9.36 Å². The van der Waals surface area contributed by atoms with Crippen molar-refractivity contribution in [3.05, 3.63) is 96.1 Å². The number of halogens is 1. The lowest BCUT2D eigenvalue weighted by Crippen LogP contribution is -2.14. The van der Waals surface area contributed by atoms with Crippen LogP contribution in [0.4, 0.5) is 5.69 Å². The van der Waals surface area contributed by atoms with Crippen molar-refractivity contribution >= 4 is 35.0 Å². The number of anilines is 1. The second kappa shape index (κ2) is 8.99. The molecule has 29 heavy (non-hydrogen) atoms. The number of aromatic nitrogens is 2. The van der Waals surface area contributed by atoms with Gasteiger partial charge >= 0.3 is 0 Å². The summed E-state index contributed by atoms with van der Waals surface area (Å²) < 4.78 is 2.05. The van der Waals surface area contributed by atoms with Gasteiger partial charge in [-0.2, -0.15) is 0 Å². The van der Waals surface area contributed by atoms with Crippen molar-refractivity contribution < 1.29 is 4.79 Å². The molecule has 6 heteroatoms. The Labute approximate surface area is 178 Å². The second-order valence-electron chi connectivity index (χ2n) is 6.31. The first kappa shape index (κ1) is 19.3. The van der Waals surface area contributed by atoms with E-state index in [0.717, 1.165) is 27.8 Å². The Hall–Kier alpha value is -3.02. The van der Waals surface area contributed by atoms with Crippen LogP contribution < -0.4 is 5.32 Å². The van der Waals surface area contributed by atoms with Gasteiger partial charge in [-0.1, -0.05) is 71.9 Å². The van der Waals surface area contributed by atoms with Crippen molar-refractivity contribution in [1.82, 2.24) is 9.55 Å². The summed E-state index contributed by atoms with van der Waals surface area (Å²) >= 11 is 7.46. The van der Waals surface area contributed by atoms with Crippen molar-refractivity contribution in [2.75, 3.05) is 11.1 Å². The Bertz CT molecular complexity index is 1100. The van der Waals surface area contributed by atoms with Crippen molar-refractivity contribution in [3.63, 3.8) is 0 Å². The monoisotopic (exact) mass is 419 g/mol. The van der Waals surface area contributed by atoms with E-state index in [0.29, 0.717) is 5.02 Å². The Morgan fingerprint density at radius 3 is 2.28 bits per heavy atom. The maximum absolute atomic E-state index is 12.4. The minimum atomic E-state index is -0.0758. The topological polar surface area (TPSA) is 46.9 Å². The Morgan fingerprint density at radius 1 is 0.931 bits per heavy atom. The van der Waals surface area contributed by atoms with Crippen LogP contribution in [0.2, 0.25) is 5.02 Å². The maximum Gasteiger partial charge on any atom is 0.234 e. The van der Waals surface area contributed by atoms with E-state index >= 15 is 0 Å². The predicted molar refractivity (Wildman–Crippen MR) is 120 cm³/mol. The number of hydrogen-bond donors (Lipinski definition) is 1. The number of carbonyl (C=O) groups is 1. The van der Waals surface area contributed by atoms with Gasteiger partial charge in [0.05, 0.1) is 17.6 Å². The predicted octanol–water partition coefficient (Wildman–Crippen LogP) is 5.92. The first-order chi connectivity index (χ1) is 14.2. The van der Waals surface area contributed by atoms with Crippen LogP contribution in [0.15, 0.2) is 96.3 Å². The SMILES string of the molecule is O=C(CSc1ncc(-c2ccccc2)n1-c1ccc(Cl)cc1)Nc1ccccc1. The Kier molecular flexibility index (Phi) is 5.98. The van der Waals surface area contributed by atoms with Crippen LogP contribution in [0.25, 0.3) is 16.9 Å². The van der Waals surface area contributed by atoms with E-state index in [2.05, 4.69) is 10.3 Å². The lowest BCUT2D eigenvalue weighted by Gasteiger charge is -2.12. The minimum absolute atomic E-state index is 0.0758. The molecule has 1 aromatic heterocycles. The molecule has 0 unspecified atom stereocenters. The summed E-state index contributed by atoms with van der Waals surface area (Å²) in [4.78, 5) is 17.0. The first-order valence-corrected chi connectivity index (χ1v) is 10.4. The van der Waals surface area contributed by atoms with Gasteiger partial charge in [0, 0.05) is 22.0 Å². The van der Waals surface area contributed by atoms with Gasteiger partial charge in [0.25, 0.3) is 0 Å². The number of amides is 1. The average molecular weight is 420 g/mol. The molecule has 0 aliphatic carbocycles. The van der Waals surface area contributed by atoms with E-state index in [1.807, 2.05) is 95.7 Å². The highest BCUT2D eigenvalue weighted by molar-refractivity contribution is 7.99. The molecule has 1 heterocycles. The van der Waals surface area contributed by atoms with Gasteiger partial charge in [-0.05, 0) is 36.4 Å². The first-order valence-electron chi connectivity index (χ1n) is 9.07. The van der Waals surface area contributed by atoms with Crippen LogP contribution in [0.3, 0.4) is 0 Å². The summed E-state index contributed by atoms with van der Waals surface area (Å²) in [6, 6.07) is 27.1. The quantitative estimate of drug-likeness (QED) is 0.394. The molecule has 4 rings (SSSR count). The molecule has 0 radical (unpaired) electrons. The summed E-state index contributed by atoms with van der Waals surface area (Å²) in [5.41, 5.74) is 3.73. The molecule has 0 bridgehead atoms. The highest BCUT2D eigenvalue weighted by Crippen LogP contribution is 2.30. The number of benzene rings is 3. The van der Waals surface area contributed by atoms with Gasteiger partial charge in [0.15, 0.2) is 5.16 Å². The molecule has 0 saturated heterocycles. The minimum Gasteiger partial charge on any atom is -0.325 e. The third-order valence-corrected chi connectivity index (χ3v) is 5.48. The number of para-hydroxylation sites is 1. The van der Waals surface area contributed by atoms with E-state index in [9.17, 15) is 4.79 Å². The number of imidazole rings is 1. The maximum atomic E-state index is 12.4. The molecule has 0 aliphatic heterocycles. The molecule has 3 aromatic carbocycles. The van der Waals surface area contributed by atoms with Crippen molar-refractivity contribution in [3.8, 4) is 16.9 Å². The summed E-state index contributed by atoms with van der Waals surface area (Å²) in [5.74, 6) is 0.182. The molecule has 4 nitrogen and oxygen atoms in total. The lowest BCUT2D eigenvalue weighted by molar-refractivity contribution is -0.113. The number of nitrogens with one attached hydrogen (secondary N) is 1. The molecule has 0 fully saturated rings. The standard InChI is InChI=1S/C23H18ClN3OS/c24-18-11-13-20(14-12-18)27-21(17-7-3-1-4-8-17)15-25-23(27)29-16-22(28)26-19-9-5-2-6-10-19/h1-15H,16H2,(H,26,28). The largest absolute Gasteiger partial charge is 0.325 e. The normalized spacial score (nSPS) is 10.7. The van der Waals surface area contributed by atoms with E-state index in [1.165, 1.54) is 11.8 Å². The van der Waals surface area contributed by atoms with Gasteiger partial charge in [0.1, 0.15) is 0 Å². The van der Waals surface area contributed by atoms with Crippen molar-refractivity contribution in [2.45, 2.75) is 5.16 Å². The van der Waals surface area contributed by atoms with E-state index in [4.69, 9.17) is 11.6 Å². The van der Waals surface area contributed by atoms with Crippen LogP contribution in [0.5, 0.6) is 0 Å². The van der Waals surface area contributed by atoms with Gasteiger partial charge < -0.3 is 5.32 Å². The second-order valence-corrected chi connectivity index (χ2v) is 7.69. The summed E-state index contributed by atoms with van der Waals surface area (Å²) in [5, 5.41) is 4.32. The van der Waals surface area contributed by atoms with E-state index in [1.54, 1.807) is 0 Å². The molecule has 4 aromatic rings. The number of rotatable bonds is 6. The molecule has 0 saturated carbocycles. The fourth-order valence-corrected chi connectivity index (χ4v) is 3.86. The van der Waals surface area contributed by atoms with Crippen LogP contribution in [0, 0.1) is 0 Å². The van der Waals surface area contributed by atoms with Gasteiger partial charge in [-0.25, -0.2) is 4.98 Å². The smallest absolute Gasteiger partial charge is 0.234 e. The molecule has 144 valence electrons. The highest BCUT2D eigenvalue weighted by atomic mass is 35.5. The molecule has 1 N–H and O–H groups in total. The average Bonchev–Trinajstić information content (AvgIpc) is 3.18. The van der Waals surface area contributed by atoms with Gasteiger partial charge in [-0.15, -0.1) is 0 Å². The van der Waals surface area contributed by atoms with Crippen molar-refractivity contribution in [2.24, 2.45) is 0 Å². The Morgan fingerprint density at radius 2 is 1.59 bits per heavy atom. The van der Waals surface area contributed by atoms with Crippen LogP contribution in [-0.4, -0.2) is 21.2 Å². The van der Waals surface area contributed by atoms with E-state index < -0.39 is 0 Å². The fraction of sp³-hybridized carbons (Fsp3) is 0.0435. The zero-order chi connectivity index (χ0) is 20.1. The number of hydrogen-bond acceptors (Lipinski definition) is 3. The molecular weight excluding hydrogens is 402 g/mol. The summed E-state index contributed by atoms with van der Waals surface area (Å²) in [6.45, 7) is 0. The van der Waals surface area contributed by atoms with Crippen molar-refractivity contribution in [1.29, 1.82) is 0 Å². The van der Waals surface area contributed by atoms with E-state index in [-0.39, 0.29) is 11.7 Å². The highest BCUT2D eigenvalue weighted by Gasteiger charge is 2.15. The number of carbonyl (C=O) groups excluding carboxylic acids is 1. The third kappa shape index (κ3) is 4.70. The molecule has 0 spiro atoms. The molecule has 0 atom stereocenters. The number of thioether (sulfide) groups is 1.